The number of nitrogens with one attached hydrogen (secondary N) is 2. The predicted molar refractivity (Wildman–Crippen MR) is 97.7 cm³/mol. The highest BCUT2D eigenvalue weighted by Crippen LogP contribution is 2.23. The fraction of sp³-hybridized carbons (Fsp3) is 0.400. The molecular weight excluding hydrogens is 314 g/mol. The number of benzene rings is 1. The fourth-order valence-electron chi connectivity index (χ4n) is 3.26. The summed E-state index contributed by atoms with van der Waals surface area (Å²) in [6.45, 7) is 0.916. The first-order valence-corrected chi connectivity index (χ1v) is 9.03. The number of aromatic nitrogens is 1. The van der Waals surface area contributed by atoms with Crippen LogP contribution in [-0.2, 0) is 4.79 Å². The van der Waals surface area contributed by atoms with Gasteiger partial charge in [-0.3, -0.25) is 9.59 Å². The second-order valence-corrected chi connectivity index (χ2v) is 6.52. The first kappa shape index (κ1) is 17.3. The van der Waals surface area contributed by atoms with E-state index < -0.39 is 0 Å². The highest BCUT2D eigenvalue weighted by molar-refractivity contribution is 5.94. The van der Waals surface area contributed by atoms with Gasteiger partial charge in [0.2, 0.25) is 5.91 Å². The van der Waals surface area contributed by atoms with Gasteiger partial charge < -0.3 is 15.2 Å². The van der Waals surface area contributed by atoms with Crippen molar-refractivity contribution >= 4 is 11.8 Å². The lowest BCUT2D eigenvalue weighted by Gasteiger charge is -2.20. The average Bonchev–Trinajstić information content (AvgIpc) is 3.20. The molecule has 2 amide bonds. The molecule has 1 aromatic heterocycles. The molecule has 0 saturated heterocycles. The van der Waals surface area contributed by atoms with Crippen molar-refractivity contribution in [3.05, 3.63) is 54.4 Å². The summed E-state index contributed by atoms with van der Waals surface area (Å²) < 4.78 is 1.99. The molecule has 0 bridgehead atoms. The molecule has 5 nitrogen and oxygen atoms in total. The predicted octanol–water partition coefficient (Wildman–Crippen LogP) is 2.90. The van der Waals surface area contributed by atoms with Crippen LogP contribution in [0.2, 0.25) is 0 Å². The third kappa shape index (κ3) is 4.72. The molecule has 0 spiro atoms. The van der Waals surface area contributed by atoms with E-state index in [0.717, 1.165) is 31.4 Å². The first-order chi connectivity index (χ1) is 12.2. The zero-order chi connectivity index (χ0) is 17.5. The van der Waals surface area contributed by atoms with Gasteiger partial charge in [0.15, 0.2) is 0 Å². The van der Waals surface area contributed by atoms with E-state index in [0.29, 0.717) is 18.7 Å². The van der Waals surface area contributed by atoms with Crippen LogP contribution in [0.4, 0.5) is 0 Å². The van der Waals surface area contributed by atoms with E-state index in [4.69, 9.17) is 0 Å². The highest BCUT2D eigenvalue weighted by atomic mass is 16.2. The van der Waals surface area contributed by atoms with Crippen LogP contribution < -0.4 is 10.6 Å². The molecule has 5 heteroatoms. The molecule has 132 valence electrons. The maximum atomic E-state index is 12.2. The Morgan fingerprint density at radius 3 is 2.24 bits per heavy atom. The number of amides is 2. The number of hydrogen-bond donors (Lipinski definition) is 2. The summed E-state index contributed by atoms with van der Waals surface area (Å²) in [6.07, 6.45) is 9.44. The van der Waals surface area contributed by atoms with Gasteiger partial charge in [-0.15, -0.1) is 0 Å². The van der Waals surface area contributed by atoms with Crippen LogP contribution in [0.5, 0.6) is 0 Å². The average molecular weight is 339 g/mol. The Morgan fingerprint density at radius 1 is 0.920 bits per heavy atom. The monoisotopic (exact) mass is 339 g/mol. The Bertz CT molecular complexity index is 686. The first-order valence-electron chi connectivity index (χ1n) is 9.03. The van der Waals surface area contributed by atoms with E-state index in [1.807, 2.05) is 53.4 Å². The van der Waals surface area contributed by atoms with Crippen LogP contribution in [0, 0.1) is 5.92 Å². The molecule has 3 rings (SSSR count). The van der Waals surface area contributed by atoms with E-state index in [2.05, 4.69) is 10.6 Å². The molecule has 0 aliphatic heterocycles. The summed E-state index contributed by atoms with van der Waals surface area (Å²) in [5.41, 5.74) is 1.64. The lowest BCUT2D eigenvalue weighted by atomic mass is 9.89. The van der Waals surface area contributed by atoms with Crippen molar-refractivity contribution < 1.29 is 9.59 Å². The Morgan fingerprint density at radius 2 is 1.56 bits per heavy atom. The molecule has 1 aliphatic rings. The van der Waals surface area contributed by atoms with Gasteiger partial charge >= 0.3 is 0 Å². The third-order valence-corrected chi connectivity index (χ3v) is 4.72. The van der Waals surface area contributed by atoms with Crippen LogP contribution >= 0.6 is 0 Å². The van der Waals surface area contributed by atoms with Crippen molar-refractivity contribution in [2.75, 3.05) is 13.1 Å². The summed E-state index contributed by atoms with van der Waals surface area (Å²) in [5.74, 6) is 0.168. The van der Waals surface area contributed by atoms with Gasteiger partial charge in [-0.1, -0.05) is 19.3 Å². The number of hydrogen-bond acceptors (Lipinski definition) is 2. The van der Waals surface area contributed by atoms with Crippen LogP contribution in [-0.4, -0.2) is 29.5 Å². The number of carbonyl (C=O) groups is 2. The zero-order valence-electron chi connectivity index (χ0n) is 14.4. The topological polar surface area (TPSA) is 63.1 Å². The normalized spacial score (nSPS) is 14.9. The molecule has 1 heterocycles. The minimum absolute atomic E-state index is 0.119. The van der Waals surface area contributed by atoms with Crippen LogP contribution in [0.25, 0.3) is 5.69 Å². The molecule has 1 fully saturated rings. The zero-order valence-corrected chi connectivity index (χ0v) is 14.4. The summed E-state index contributed by atoms with van der Waals surface area (Å²) >= 11 is 0. The van der Waals surface area contributed by atoms with Crippen LogP contribution in [0.1, 0.15) is 42.5 Å². The fourth-order valence-corrected chi connectivity index (χ4v) is 3.26. The second kappa shape index (κ2) is 8.51. The molecular formula is C20H25N3O2. The van der Waals surface area contributed by atoms with E-state index in [9.17, 15) is 9.59 Å². The lowest BCUT2D eigenvalue weighted by molar-refractivity contribution is -0.125. The molecule has 2 aromatic rings. The minimum Gasteiger partial charge on any atom is -0.354 e. The molecule has 1 aliphatic carbocycles. The lowest BCUT2D eigenvalue weighted by Crippen LogP contribution is -2.38. The van der Waals surface area contributed by atoms with Crippen LogP contribution in [0.3, 0.4) is 0 Å². The quantitative estimate of drug-likeness (QED) is 0.795. The summed E-state index contributed by atoms with van der Waals surface area (Å²) in [6, 6.07) is 11.4. The van der Waals surface area contributed by atoms with Crippen molar-refractivity contribution in [1.29, 1.82) is 0 Å². The maximum Gasteiger partial charge on any atom is 0.251 e. The van der Waals surface area contributed by atoms with Crippen molar-refractivity contribution in [2.24, 2.45) is 5.92 Å². The van der Waals surface area contributed by atoms with E-state index in [1.165, 1.54) is 6.42 Å². The summed E-state index contributed by atoms with van der Waals surface area (Å²) in [7, 11) is 0. The van der Waals surface area contributed by atoms with E-state index >= 15 is 0 Å². The molecule has 1 saturated carbocycles. The Hall–Kier alpha value is -2.56. The van der Waals surface area contributed by atoms with Gasteiger partial charge in [0.05, 0.1) is 0 Å². The SMILES string of the molecule is O=C(NCCNC(=O)C1CCCCC1)c1ccc(-n2cccc2)cc1. The standard InChI is InChI=1S/C20H25N3O2/c24-19(16-6-2-1-3-7-16)21-12-13-22-20(25)17-8-10-18(11-9-17)23-14-4-5-15-23/h4-5,8-11,14-16H,1-3,6-7,12-13H2,(H,21,24)(H,22,25). The largest absolute Gasteiger partial charge is 0.354 e. The molecule has 25 heavy (non-hydrogen) atoms. The van der Waals surface area contributed by atoms with Gasteiger partial charge in [-0.2, -0.15) is 0 Å². The van der Waals surface area contributed by atoms with Crippen molar-refractivity contribution in [3.8, 4) is 5.69 Å². The number of rotatable bonds is 6. The highest BCUT2D eigenvalue weighted by Gasteiger charge is 2.20. The minimum atomic E-state index is -0.119. The Balaban J connectivity index is 1.41. The van der Waals surface area contributed by atoms with Gasteiger partial charge in [0, 0.05) is 42.7 Å². The summed E-state index contributed by atoms with van der Waals surface area (Å²) in [4.78, 5) is 24.2. The second-order valence-electron chi connectivity index (χ2n) is 6.52. The van der Waals surface area contributed by atoms with Gasteiger partial charge in [-0.25, -0.2) is 0 Å². The van der Waals surface area contributed by atoms with Gasteiger partial charge in [0.1, 0.15) is 0 Å². The molecule has 0 atom stereocenters. The van der Waals surface area contributed by atoms with Crippen molar-refractivity contribution in [3.63, 3.8) is 0 Å². The molecule has 2 N–H and O–H groups in total. The van der Waals surface area contributed by atoms with E-state index in [-0.39, 0.29) is 17.7 Å². The van der Waals surface area contributed by atoms with Gasteiger partial charge in [0.25, 0.3) is 5.91 Å². The van der Waals surface area contributed by atoms with E-state index in [1.54, 1.807) is 0 Å². The van der Waals surface area contributed by atoms with Crippen molar-refractivity contribution in [2.45, 2.75) is 32.1 Å². The molecule has 0 unspecified atom stereocenters. The van der Waals surface area contributed by atoms with Gasteiger partial charge in [-0.05, 0) is 49.2 Å². The maximum absolute atomic E-state index is 12.2. The molecule has 0 radical (unpaired) electrons. The summed E-state index contributed by atoms with van der Waals surface area (Å²) in [5, 5.41) is 5.78. The van der Waals surface area contributed by atoms with Crippen molar-refractivity contribution in [1.82, 2.24) is 15.2 Å². The smallest absolute Gasteiger partial charge is 0.251 e. The van der Waals surface area contributed by atoms with Crippen LogP contribution in [0.15, 0.2) is 48.8 Å². The Kier molecular flexibility index (Phi) is 5.88. The third-order valence-electron chi connectivity index (χ3n) is 4.72. The molecule has 1 aromatic carbocycles. The Labute approximate surface area is 148 Å². The number of nitrogens with zero attached hydrogens (tertiary/aromatic N) is 1. The number of carbonyl (C=O) groups excluding carboxylic acids is 2.